The molecule has 0 aliphatic carbocycles. The predicted molar refractivity (Wildman–Crippen MR) is 381 cm³/mol. The number of phosphoric ester groups is 2. The van der Waals surface area contributed by atoms with Crippen molar-refractivity contribution in [2.75, 3.05) is 39.6 Å². The molecule has 0 heterocycles. The van der Waals surface area contributed by atoms with Gasteiger partial charge in [0.2, 0.25) is 0 Å². The molecule has 0 saturated carbocycles. The first-order valence-electron chi connectivity index (χ1n) is 38.8. The van der Waals surface area contributed by atoms with E-state index in [2.05, 4.69) is 55.4 Å². The molecule has 0 rings (SSSR count). The number of aliphatic hydroxyl groups is 1. The van der Waals surface area contributed by atoms with Gasteiger partial charge in [-0.2, -0.15) is 0 Å². The number of hydrogen-bond donors (Lipinski definition) is 3. The smallest absolute Gasteiger partial charge is 0.462 e. The number of rotatable bonds is 72. The Hall–Kier alpha value is -1.94. The standard InChI is InChI=1S/C75H146O17P2/c1-9-67(7)53-45-37-29-22-25-33-41-49-57-74(79)91-70(61-85-72(77)55-47-39-31-20-18-16-14-12-11-13-15-17-19-27-35-43-51-65(3)4)63-89-93(81,82)87-59-69(76)60-88-94(83,84)90-64-71(62-86-73(78)56-48-40-32-24-21-28-36-44-52-66(5)6)92-75(80)58-50-42-34-26-23-30-38-46-54-68(8)10-2/h65-71,76H,9-64H2,1-8H3,(H,81,82)(H,83,84)/t67?,68?,69?,70-,71-/m1/s1. The summed E-state index contributed by atoms with van der Waals surface area (Å²) >= 11 is 0. The molecule has 0 saturated heterocycles. The summed E-state index contributed by atoms with van der Waals surface area (Å²) in [5, 5.41) is 10.6. The summed E-state index contributed by atoms with van der Waals surface area (Å²) in [5.41, 5.74) is 0. The van der Waals surface area contributed by atoms with Gasteiger partial charge in [0.05, 0.1) is 26.4 Å². The fraction of sp³-hybridized carbons (Fsp3) is 0.947. The van der Waals surface area contributed by atoms with Crippen molar-refractivity contribution in [2.24, 2.45) is 23.7 Å². The van der Waals surface area contributed by atoms with Gasteiger partial charge in [-0.3, -0.25) is 37.3 Å². The molecule has 0 aromatic carbocycles. The molecule has 94 heavy (non-hydrogen) atoms. The molecule has 0 aromatic rings. The van der Waals surface area contributed by atoms with Gasteiger partial charge in [0, 0.05) is 25.7 Å². The number of ether oxygens (including phenoxy) is 4. The quantitative estimate of drug-likeness (QED) is 0.0222. The van der Waals surface area contributed by atoms with Crippen molar-refractivity contribution >= 4 is 39.5 Å². The average molecular weight is 1380 g/mol. The predicted octanol–water partition coefficient (Wildman–Crippen LogP) is 21.7. The van der Waals surface area contributed by atoms with E-state index in [9.17, 15) is 43.2 Å². The van der Waals surface area contributed by atoms with Crippen molar-refractivity contribution in [1.29, 1.82) is 0 Å². The van der Waals surface area contributed by atoms with Crippen molar-refractivity contribution in [3.05, 3.63) is 0 Å². The highest BCUT2D eigenvalue weighted by Crippen LogP contribution is 2.45. The van der Waals surface area contributed by atoms with Gasteiger partial charge < -0.3 is 33.8 Å². The van der Waals surface area contributed by atoms with Crippen LogP contribution in [0.15, 0.2) is 0 Å². The summed E-state index contributed by atoms with van der Waals surface area (Å²) in [6.45, 7) is 14.2. The number of carbonyl (C=O) groups is 4. The molecule has 0 amide bonds. The highest BCUT2D eigenvalue weighted by molar-refractivity contribution is 7.47. The van der Waals surface area contributed by atoms with E-state index >= 15 is 0 Å². The second-order valence-electron chi connectivity index (χ2n) is 28.5. The van der Waals surface area contributed by atoms with E-state index in [1.807, 2.05) is 0 Å². The van der Waals surface area contributed by atoms with Gasteiger partial charge in [0.25, 0.3) is 0 Å². The highest BCUT2D eigenvalue weighted by atomic mass is 31.2. The maximum atomic E-state index is 13.1. The Kier molecular flexibility index (Phi) is 63.1. The maximum absolute atomic E-state index is 13.1. The first-order chi connectivity index (χ1) is 45.2. The van der Waals surface area contributed by atoms with Gasteiger partial charge in [-0.05, 0) is 49.4 Å². The first-order valence-corrected chi connectivity index (χ1v) is 41.8. The summed E-state index contributed by atoms with van der Waals surface area (Å²) in [6, 6.07) is 0. The van der Waals surface area contributed by atoms with Crippen molar-refractivity contribution in [2.45, 2.75) is 395 Å². The van der Waals surface area contributed by atoms with Crippen LogP contribution in [-0.4, -0.2) is 96.7 Å². The van der Waals surface area contributed by atoms with Crippen molar-refractivity contribution < 1.29 is 80.2 Å². The molecular formula is C75H146O17P2. The topological polar surface area (TPSA) is 237 Å². The lowest BCUT2D eigenvalue weighted by Crippen LogP contribution is -2.30. The zero-order valence-electron chi connectivity index (χ0n) is 61.6. The molecule has 3 N–H and O–H groups in total. The fourth-order valence-corrected chi connectivity index (χ4v) is 12.9. The minimum atomic E-state index is -4.96. The van der Waals surface area contributed by atoms with Crippen molar-refractivity contribution in [1.82, 2.24) is 0 Å². The molecule has 0 aromatic heterocycles. The lowest BCUT2D eigenvalue weighted by atomic mass is 9.99. The third-order valence-corrected chi connectivity index (χ3v) is 19.9. The third kappa shape index (κ3) is 66.0. The van der Waals surface area contributed by atoms with E-state index in [0.717, 1.165) is 114 Å². The molecule has 558 valence electrons. The minimum absolute atomic E-state index is 0.104. The van der Waals surface area contributed by atoms with Gasteiger partial charge in [0.1, 0.15) is 19.3 Å². The van der Waals surface area contributed by atoms with Crippen LogP contribution in [0.25, 0.3) is 0 Å². The number of unbranched alkanes of at least 4 members (excludes halogenated alkanes) is 36. The molecule has 19 heteroatoms. The van der Waals surface area contributed by atoms with Crippen LogP contribution in [0, 0.1) is 23.7 Å². The third-order valence-electron chi connectivity index (χ3n) is 18.0. The zero-order valence-corrected chi connectivity index (χ0v) is 63.4. The molecule has 0 aliphatic rings. The second-order valence-corrected chi connectivity index (χ2v) is 31.4. The summed E-state index contributed by atoms with van der Waals surface area (Å²) in [5.74, 6) is 0.952. The second kappa shape index (κ2) is 64.4. The van der Waals surface area contributed by atoms with Gasteiger partial charge in [-0.15, -0.1) is 0 Å². The minimum Gasteiger partial charge on any atom is -0.462 e. The van der Waals surface area contributed by atoms with Gasteiger partial charge in [0.15, 0.2) is 12.2 Å². The summed E-state index contributed by atoms with van der Waals surface area (Å²) in [4.78, 5) is 72.7. The van der Waals surface area contributed by atoms with E-state index in [1.165, 1.54) is 180 Å². The lowest BCUT2D eigenvalue weighted by Gasteiger charge is -2.21. The highest BCUT2D eigenvalue weighted by Gasteiger charge is 2.30. The Labute approximate surface area is 575 Å². The van der Waals surface area contributed by atoms with Gasteiger partial charge in [-0.1, -0.05) is 325 Å². The molecule has 0 spiro atoms. The molecular weight excluding hydrogens is 1230 g/mol. The lowest BCUT2D eigenvalue weighted by molar-refractivity contribution is -0.161. The number of esters is 4. The Balaban J connectivity index is 5.22. The van der Waals surface area contributed by atoms with Gasteiger partial charge in [-0.25, -0.2) is 9.13 Å². The summed E-state index contributed by atoms with van der Waals surface area (Å²) < 4.78 is 68.5. The van der Waals surface area contributed by atoms with Crippen molar-refractivity contribution in [3.63, 3.8) is 0 Å². The maximum Gasteiger partial charge on any atom is 0.472 e. The monoisotopic (exact) mass is 1380 g/mol. The van der Waals surface area contributed by atoms with Crippen LogP contribution in [0.2, 0.25) is 0 Å². The van der Waals surface area contributed by atoms with E-state index in [0.29, 0.717) is 25.7 Å². The van der Waals surface area contributed by atoms with Crippen LogP contribution >= 0.6 is 15.6 Å². The van der Waals surface area contributed by atoms with E-state index < -0.39 is 97.5 Å². The van der Waals surface area contributed by atoms with Crippen LogP contribution in [0.3, 0.4) is 0 Å². The summed E-state index contributed by atoms with van der Waals surface area (Å²) in [7, 11) is -9.91. The molecule has 5 unspecified atom stereocenters. The molecule has 17 nitrogen and oxygen atoms in total. The number of phosphoric acid groups is 2. The normalized spacial score (nSPS) is 14.7. The Morgan fingerprint density at radius 1 is 0.298 bits per heavy atom. The zero-order chi connectivity index (χ0) is 69.6. The summed E-state index contributed by atoms with van der Waals surface area (Å²) in [6.07, 6.45) is 48.6. The van der Waals surface area contributed by atoms with Crippen LogP contribution in [0.5, 0.6) is 0 Å². The largest absolute Gasteiger partial charge is 0.472 e. The van der Waals surface area contributed by atoms with E-state index in [4.69, 9.17) is 37.0 Å². The first kappa shape index (κ1) is 92.1. The fourth-order valence-electron chi connectivity index (χ4n) is 11.3. The molecule has 0 radical (unpaired) electrons. The van der Waals surface area contributed by atoms with Crippen LogP contribution in [0.4, 0.5) is 0 Å². The molecule has 0 fully saturated rings. The SMILES string of the molecule is CCC(C)CCCCCCCCCCC(=O)O[C@H](COC(=O)CCCCCCCCCCCCCCCCCCC(C)C)COP(=O)(O)OCC(O)COP(=O)(O)OC[C@@H](COC(=O)CCCCCCCCCCC(C)C)OC(=O)CCCCCCCCCCC(C)CC. The van der Waals surface area contributed by atoms with Crippen LogP contribution < -0.4 is 0 Å². The number of hydrogen-bond acceptors (Lipinski definition) is 15. The molecule has 0 aliphatic heterocycles. The number of aliphatic hydroxyl groups excluding tert-OH is 1. The average Bonchev–Trinajstić information content (AvgIpc) is 1.54. The number of carbonyl (C=O) groups excluding carboxylic acids is 4. The molecule has 7 atom stereocenters. The Morgan fingerprint density at radius 2 is 0.511 bits per heavy atom. The Morgan fingerprint density at radius 3 is 0.755 bits per heavy atom. The van der Waals surface area contributed by atoms with E-state index in [1.54, 1.807) is 0 Å². The molecule has 0 bridgehead atoms. The van der Waals surface area contributed by atoms with Gasteiger partial charge >= 0.3 is 39.5 Å². The van der Waals surface area contributed by atoms with Crippen LogP contribution in [0.1, 0.15) is 376 Å². The Bertz CT molecular complexity index is 1850. The van der Waals surface area contributed by atoms with Crippen LogP contribution in [-0.2, 0) is 65.4 Å². The van der Waals surface area contributed by atoms with Crippen molar-refractivity contribution in [3.8, 4) is 0 Å². The van der Waals surface area contributed by atoms with E-state index in [-0.39, 0.29) is 25.7 Å².